The number of rotatable bonds is 5. The predicted molar refractivity (Wildman–Crippen MR) is 82.8 cm³/mol. The van der Waals surface area contributed by atoms with E-state index in [0.717, 1.165) is 27.2 Å². The fourth-order valence-electron chi connectivity index (χ4n) is 1.93. The fraction of sp³-hybridized carbons (Fsp3) is 0.214. The Bertz CT molecular complexity index is 759. The predicted octanol–water partition coefficient (Wildman–Crippen LogP) is 3.42. The second kappa shape index (κ2) is 5.87. The van der Waals surface area contributed by atoms with E-state index in [0.29, 0.717) is 5.75 Å². The molecule has 3 heterocycles. The number of Topliss-reactive ketones (excluding diaryl/α,β-unsaturated/α-hetero) is 1. The first-order chi connectivity index (χ1) is 10.2. The first kappa shape index (κ1) is 14.1. The zero-order valence-electron chi connectivity index (χ0n) is 11.6. The van der Waals surface area contributed by atoms with Crippen molar-refractivity contribution in [1.82, 2.24) is 14.8 Å². The van der Waals surface area contributed by atoms with E-state index in [-0.39, 0.29) is 5.78 Å². The molecule has 7 heteroatoms. The monoisotopic (exact) mass is 319 g/mol. The molecule has 3 aromatic heterocycles. The molecule has 0 aliphatic carbocycles. The van der Waals surface area contributed by atoms with Crippen LogP contribution < -0.4 is 0 Å². The molecule has 108 valence electrons. The number of carbonyl (C=O) groups excluding carboxylic acids is 1. The molecule has 0 unspecified atom stereocenters. The quantitative estimate of drug-likeness (QED) is 0.532. The summed E-state index contributed by atoms with van der Waals surface area (Å²) in [6, 6.07) is 5.58. The molecule has 3 rings (SSSR count). The molecular weight excluding hydrogens is 306 g/mol. The van der Waals surface area contributed by atoms with Crippen LogP contribution in [0.3, 0.4) is 0 Å². The number of furan rings is 1. The van der Waals surface area contributed by atoms with Gasteiger partial charge in [0.05, 0.1) is 22.5 Å². The van der Waals surface area contributed by atoms with Gasteiger partial charge in [0.2, 0.25) is 0 Å². The summed E-state index contributed by atoms with van der Waals surface area (Å²) < 4.78 is 7.17. The number of ketones is 1. The third-order valence-electron chi connectivity index (χ3n) is 3.06. The molecular formula is C14H13N3O2S2. The molecule has 0 saturated heterocycles. The Morgan fingerprint density at radius 3 is 2.95 bits per heavy atom. The summed E-state index contributed by atoms with van der Waals surface area (Å²) in [5.74, 6) is 2.01. The fourth-order valence-corrected chi connectivity index (χ4v) is 3.48. The molecule has 0 fully saturated rings. The van der Waals surface area contributed by atoms with E-state index in [9.17, 15) is 4.79 Å². The minimum atomic E-state index is 0.110. The molecule has 0 aliphatic heterocycles. The van der Waals surface area contributed by atoms with Crippen molar-refractivity contribution in [3.63, 3.8) is 0 Å². The van der Waals surface area contributed by atoms with Crippen LogP contribution in [-0.4, -0.2) is 26.3 Å². The summed E-state index contributed by atoms with van der Waals surface area (Å²) in [6.45, 7) is 1.89. The summed E-state index contributed by atoms with van der Waals surface area (Å²) in [5, 5.41) is 11.0. The maximum atomic E-state index is 12.0. The van der Waals surface area contributed by atoms with Gasteiger partial charge in [0.25, 0.3) is 0 Å². The van der Waals surface area contributed by atoms with Crippen molar-refractivity contribution in [2.45, 2.75) is 12.1 Å². The number of hydrogen-bond acceptors (Lipinski definition) is 6. The molecule has 21 heavy (non-hydrogen) atoms. The number of nitrogens with zero attached hydrogens (tertiary/aromatic N) is 3. The smallest absolute Gasteiger partial charge is 0.191 e. The van der Waals surface area contributed by atoms with Gasteiger partial charge in [-0.15, -0.1) is 21.5 Å². The topological polar surface area (TPSA) is 60.9 Å². The third-order valence-corrected chi connectivity index (χ3v) is 4.99. The second-order valence-electron chi connectivity index (χ2n) is 4.44. The molecule has 0 aromatic carbocycles. The van der Waals surface area contributed by atoms with E-state index < -0.39 is 0 Å². The van der Waals surface area contributed by atoms with Gasteiger partial charge in [-0.05, 0) is 24.4 Å². The summed E-state index contributed by atoms with van der Waals surface area (Å²) in [7, 11) is 1.89. The summed E-state index contributed by atoms with van der Waals surface area (Å²) >= 11 is 2.85. The van der Waals surface area contributed by atoms with Gasteiger partial charge < -0.3 is 8.98 Å². The number of carbonyl (C=O) groups is 1. The lowest BCUT2D eigenvalue weighted by Crippen LogP contribution is -2.02. The highest BCUT2D eigenvalue weighted by Crippen LogP contribution is 2.26. The van der Waals surface area contributed by atoms with Gasteiger partial charge in [-0.1, -0.05) is 17.8 Å². The lowest BCUT2D eigenvalue weighted by Gasteiger charge is -2.02. The lowest BCUT2D eigenvalue weighted by molar-refractivity contribution is 0.102. The SMILES string of the molecule is Cc1occc1-c1nnc(SCC(=O)c2cccs2)n1C. The van der Waals surface area contributed by atoms with Crippen molar-refractivity contribution < 1.29 is 9.21 Å². The molecule has 0 bridgehead atoms. The first-order valence-corrected chi connectivity index (χ1v) is 8.16. The minimum Gasteiger partial charge on any atom is -0.469 e. The zero-order valence-corrected chi connectivity index (χ0v) is 13.2. The molecule has 0 N–H and O–H groups in total. The number of aromatic nitrogens is 3. The van der Waals surface area contributed by atoms with Crippen LogP contribution in [0.5, 0.6) is 0 Å². The standard InChI is InChI=1S/C14H13N3O2S2/c1-9-10(5-6-19-9)13-15-16-14(17(13)2)21-8-11(18)12-4-3-7-20-12/h3-7H,8H2,1-2H3. The molecule has 0 radical (unpaired) electrons. The number of hydrogen-bond donors (Lipinski definition) is 0. The maximum absolute atomic E-state index is 12.0. The maximum Gasteiger partial charge on any atom is 0.191 e. The van der Waals surface area contributed by atoms with Gasteiger partial charge >= 0.3 is 0 Å². The Kier molecular flexibility index (Phi) is 3.94. The molecule has 0 atom stereocenters. The molecule has 0 saturated carbocycles. The van der Waals surface area contributed by atoms with Gasteiger partial charge in [-0.25, -0.2) is 0 Å². The number of thiophene rings is 1. The molecule has 0 spiro atoms. The van der Waals surface area contributed by atoms with Gasteiger partial charge in [0.1, 0.15) is 5.76 Å². The summed E-state index contributed by atoms with van der Waals surface area (Å²) in [5.41, 5.74) is 0.918. The average Bonchev–Trinajstić information content (AvgIpc) is 3.18. The highest BCUT2D eigenvalue weighted by atomic mass is 32.2. The van der Waals surface area contributed by atoms with Gasteiger partial charge in [0.15, 0.2) is 16.8 Å². The van der Waals surface area contributed by atoms with Crippen LogP contribution in [0.25, 0.3) is 11.4 Å². The van der Waals surface area contributed by atoms with Crippen LogP contribution in [0, 0.1) is 6.92 Å². The summed E-state index contributed by atoms with van der Waals surface area (Å²) in [4.78, 5) is 12.8. The van der Waals surface area contributed by atoms with Gasteiger partial charge in [0, 0.05) is 7.05 Å². The van der Waals surface area contributed by atoms with Crippen LogP contribution in [0.15, 0.2) is 39.4 Å². The number of aryl methyl sites for hydroxylation is 1. The highest BCUT2D eigenvalue weighted by molar-refractivity contribution is 7.99. The molecule has 3 aromatic rings. The van der Waals surface area contributed by atoms with Crippen molar-refractivity contribution in [2.24, 2.45) is 7.05 Å². The number of thioether (sulfide) groups is 1. The highest BCUT2D eigenvalue weighted by Gasteiger charge is 2.16. The largest absolute Gasteiger partial charge is 0.469 e. The van der Waals surface area contributed by atoms with Crippen molar-refractivity contribution in [3.05, 3.63) is 40.5 Å². The van der Waals surface area contributed by atoms with Crippen molar-refractivity contribution >= 4 is 28.9 Å². The van der Waals surface area contributed by atoms with Crippen LogP contribution >= 0.6 is 23.1 Å². The van der Waals surface area contributed by atoms with E-state index in [1.807, 2.05) is 42.1 Å². The van der Waals surface area contributed by atoms with Gasteiger partial charge in [-0.3, -0.25) is 4.79 Å². The Hall–Kier alpha value is -1.86. The van der Waals surface area contributed by atoms with Crippen molar-refractivity contribution in [1.29, 1.82) is 0 Å². The lowest BCUT2D eigenvalue weighted by atomic mass is 10.2. The van der Waals surface area contributed by atoms with E-state index in [1.165, 1.54) is 23.1 Å². The van der Waals surface area contributed by atoms with E-state index in [2.05, 4.69) is 10.2 Å². The Morgan fingerprint density at radius 1 is 1.43 bits per heavy atom. The summed E-state index contributed by atoms with van der Waals surface area (Å²) in [6.07, 6.45) is 1.63. The molecule has 5 nitrogen and oxygen atoms in total. The Labute approximate surface area is 130 Å². The second-order valence-corrected chi connectivity index (χ2v) is 6.34. The van der Waals surface area contributed by atoms with Crippen LogP contribution in [-0.2, 0) is 7.05 Å². The van der Waals surface area contributed by atoms with Crippen LogP contribution in [0.4, 0.5) is 0 Å². The Morgan fingerprint density at radius 2 is 2.29 bits per heavy atom. The molecule has 0 aliphatic rings. The zero-order chi connectivity index (χ0) is 14.8. The third kappa shape index (κ3) is 2.79. The Balaban J connectivity index is 1.74. The average molecular weight is 319 g/mol. The van der Waals surface area contributed by atoms with Crippen LogP contribution in [0.1, 0.15) is 15.4 Å². The minimum absolute atomic E-state index is 0.110. The van der Waals surface area contributed by atoms with E-state index in [4.69, 9.17) is 4.42 Å². The van der Waals surface area contributed by atoms with E-state index in [1.54, 1.807) is 6.26 Å². The van der Waals surface area contributed by atoms with Crippen LogP contribution in [0.2, 0.25) is 0 Å². The van der Waals surface area contributed by atoms with E-state index >= 15 is 0 Å². The first-order valence-electron chi connectivity index (χ1n) is 6.30. The van der Waals surface area contributed by atoms with Crippen molar-refractivity contribution in [3.8, 4) is 11.4 Å². The van der Waals surface area contributed by atoms with Gasteiger partial charge in [-0.2, -0.15) is 0 Å². The van der Waals surface area contributed by atoms with Crippen molar-refractivity contribution in [2.75, 3.05) is 5.75 Å². The molecule has 0 amide bonds. The normalized spacial score (nSPS) is 11.0.